The van der Waals surface area contributed by atoms with Gasteiger partial charge in [-0.2, -0.15) is 5.26 Å². The molecule has 1 amide bonds. The van der Waals surface area contributed by atoms with Crippen molar-refractivity contribution >= 4 is 11.6 Å². The smallest absolute Gasteiger partial charge is 0.267 e. The Kier molecular flexibility index (Phi) is 10.9. The third-order valence-corrected chi connectivity index (χ3v) is 4.31. The maximum absolute atomic E-state index is 12.5. The van der Waals surface area contributed by atoms with Crippen molar-refractivity contribution in [1.82, 2.24) is 4.90 Å². The van der Waals surface area contributed by atoms with E-state index < -0.39 is 0 Å². The minimum atomic E-state index is -0.341. The molecule has 0 heterocycles. The van der Waals surface area contributed by atoms with Gasteiger partial charge in [0.2, 0.25) is 0 Å². The summed E-state index contributed by atoms with van der Waals surface area (Å²) >= 11 is 0. The fourth-order valence-electron chi connectivity index (χ4n) is 2.62. The molecule has 0 aromatic heterocycles. The standard InChI is InChI=1S/C22H33N3O/c1-4-7-10-19-11-13-21(14-12-19)24-22(26)20(17-23)18-25(15-8-5-2)16-9-6-3/h11-14,18H,4-10,15-16H2,1-3H3,(H,24,26)/b20-18-. The van der Waals surface area contributed by atoms with Crippen LogP contribution in [0.4, 0.5) is 5.69 Å². The van der Waals surface area contributed by atoms with Crippen LogP contribution >= 0.6 is 0 Å². The summed E-state index contributed by atoms with van der Waals surface area (Å²) in [6.45, 7) is 8.21. The van der Waals surface area contributed by atoms with Crippen molar-refractivity contribution in [2.75, 3.05) is 18.4 Å². The van der Waals surface area contributed by atoms with Gasteiger partial charge in [0.1, 0.15) is 11.6 Å². The number of benzene rings is 1. The zero-order valence-electron chi connectivity index (χ0n) is 16.6. The van der Waals surface area contributed by atoms with Crippen LogP contribution in [0.25, 0.3) is 0 Å². The fourth-order valence-corrected chi connectivity index (χ4v) is 2.62. The molecule has 0 radical (unpaired) electrons. The van der Waals surface area contributed by atoms with Crippen LogP contribution in [-0.2, 0) is 11.2 Å². The molecule has 1 rings (SSSR count). The Balaban J connectivity index is 2.74. The summed E-state index contributed by atoms with van der Waals surface area (Å²) in [6, 6.07) is 9.94. The van der Waals surface area contributed by atoms with Gasteiger partial charge in [-0.1, -0.05) is 52.2 Å². The van der Waals surface area contributed by atoms with Crippen molar-refractivity contribution in [2.24, 2.45) is 0 Å². The molecule has 1 aromatic carbocycles. The molecule has 4 nitrogen and oxygen atoms in total. The van der Waals surface area contributed by atoms with Gasteiger partial charge in [-0.25, -0.2) is 0 Å². The third-order valence-electron chi connectivity index (χ3n) is 4.31. The van der Waals surface area contributed by atoms with Gasteiger partial charge >= 0.3 is 0 Å². The van der Waals surface area contributed by atoms with E-state index in [9.17, 15) is 10.1 Å². The average Bonchev–Trinajstić information content (AvgIpc) is 2.66. The summed E-state index contributed by atoms with van der Waals surface area (Å²) < 4.78 is 0. The summed E-state index contributed by atoms with van der Waals surface area (Å²) in [5, 5.41) is 12.2. The Morgan fingerprint density at radius 3 is 2.12 bits per heavy atom. The van der Waals surface area contributed by atoms with Crippen LogP contribution in [0.5, 0.6) is 0 Å². The predicted octanol–water partition coefficient (Wildman–Crippen LogP) is 5.28. The third kappa shape index (κ3) is 8.20. The van der Waals surface area contributed by atoms with E-state index in [0.717, 1.165) is 50.9 Å². The van der Waals surface area contributed by atoms with Crippen LogP contribution in [0.2, 0.25) is 0 Å². The molecule has 0 saturated heterocycles. The van der Waals surface area contributed by atoms with Gasteiger partial charge in [0.05, 0.1) is 0 Å². The zero-order valence-corrected chi connectivity index (χ0v) is 16.6. The number of carbonyl (C=O) groups excluding carboxylic acids is 1. The number of hydrogen-bond donors (Lipinski definition) is 1. The minimum Gasteiger partial charge on any atom is -0.376 e. The lowest BCUT2D eigenvalue weighted by atomic mass is 10.1. The number of aryl methyl sites for hydroxylation is 1. The lowest BCUT2D eigenvalue weighted by Gasteiger charge is -2.20. The second kappa shape index (κ2) is 13.0. The zero-order chi connectivity index (χ0) is 19.2. The Bertz CT molecular complexity index is 591. The number of hydrogen-bond acceptors (Lipinski definition) is 3. The molecule has 1 aromatic rings. The van der Waals surface area contributed by atoms with Gasteiger partial charge in [-0.05, 0) is 43.4 Å². The topological polar surface area (TPSA) is 56.1 Å². The lowest BCUT2D eigenvalue weighted by molar-refractivity contribution is -0.112. The first-order chi connectivity index (χ1) is 12.6. The van der Waals surface area contributed by atoms with Crippen molar-refractivity contribution in [3.63, 3.8) is 0 Å². The Hall–Kier alpha value is -2.28. The highest BCUT2D eigenvalue weighted by atomic mass is 16.1. The molecule has 0 spiro atoms. The van der Waals surface area contributed by atoms with Crippen LogP contribution in [0.3, 0.4) is 0 Å². The number of amides is 1. The quantitative estimate of drug-likeness (QED) is 0.410. The normalized spacial score (nSPS) is 11.1. The maximum Gasteiger partial charge on any atom is 0.267 e. The van der Waals surface area contributed by atoms with E-state index in [0.29, 0.717) is 0 Å². The lowest BCUT2D eigenvalue weighted by Crippen LogP contribution is -2.23. The molecule has 0 aliphatic carbocycles. The van der Waals surface area contributed by atoms with Crippen molar-refractivity contribution < 1.29 is 4.79 Å². The summed E-state index contributed by atoms with van der Waals surface area (Å²) in [4.78, 5) is 14.6. The molecule has 142 valence electrons. The monoisotopic (exact) mass is 355 g/mol. The van der Waals surface area contributed by atoms with Gasteiger partial charge in [0, 0.05) is 25.0 Å². The molecule has 0 atom stereocenters. The van der Waals surface area contributed by atoms with E-state index in [-0.39, 0.29) is 11.5 Å². The van der Waals surface area contributed by atoms with E-state index in [1.807, 2.05) is 24.3 Å². The molecule has 0 bridgehead atoms. The number of unbranched alkanes of at least 4 members (excludes halogenated alkanes) is 3. The van der Waals surface area contributed by atoms with Gasteiger partial charge in [0.15, 0.2) is 0 Å². The van der Waals surface area contributed by atoms with Crippen LogP contribution in [0.1, 0.15) is 64.9 Å². The molecular weight excluding hydrogens is 322 g/mol. The molecule has 0 saturated carbocycles. The largest absolute Gasteiger partial charge is 0.376 e. The van der Waals surface area contributed by atoms with Crippen LogP contribution in [-0.4, -0.2) is 23.9 Å². The molecule has 26 heavy (non-hydrogen) atoms. The number of nitrogens with zero attached hydrogens (tertiary/aromatic N) is 2. The van der Waals surface area contributed by atoms with Crippen LogP contribution < -0.4 is 5.32 Å². The first-order valence-electron chi connectivity index (χ1n) is 9.90. The molecule has 0 aliphatic heterocycles. The Labute approximate surface area is 158 Å². The predicted molar refractivity (Wildman–Crippen MR) is 109 cm³/mol. The molecule has 0 fully saturated rings. The first-order valence-corrected chi connectivity index (χ1v) is 9.90. The van der Waals surface area contributed by atoms with E-state index >= 15 is 0 Å². The number of anilines is 1. The second-order valence-corrected chi connectivity index (χ2v) is 6.65. The van der Waals surface area contributed by atoms with Crippen molar-refractivity contribution in [3.8, 4) is 6.07 Å². The van der Waals surface area contributed by atoms with Gasteiger partial charge in [-0.15, -0.1) is 0 Å². The number of rotatable bonds is 12. The Morgan fingerprint density at radius 1 is 1.04 bits per heavy atom. The first kappa shape index (κ1) is 21.8. The molecule has 0 unspecified atom stereocenters. The number of nitriles is 1. The molecule has 0 aliphatic rings. The van der Waals surface area contributed by atoms with Crippen LogP contribution in [0.15, 0.2) is 36.0 Å². The highest BCUT2D eigenvalue weighted by Gasteiger charge is 2.11. The van der Waals surface area contributed by atoms with E-state index in [1.165, 1.54) is 18.4 Å². The highest BCUT2D eigenvalue weighted by molar-refractivity contribution is 6.06. The van der Waals surface area contributed by atoms with Crippen molar-refractivity contribution in [1.29, 1.82) is 5.26 Å². The van der Waals surface area contributed by atoms with E-state index in [4.69, 9.17) is 0 Å². The molecule has 4 heteroatoms. The minimum absolute atomic E-state index is 0.160. The van der Waals surface area contributed by atoms with Crippen LogP contribution in [0, 0.1) is 11.3 Å². The van der Waals surface area contributed by atoms with E-state index in [2.05, 4.69) is 37.1 Å². The Morgan fingerprint density at radius 2 is 1.62 bits per heavy atom. The second-order valence-electron chi connectivity index (χ2n) is 6.65. The molecule has 1 N–H and O–H groups in total. The van der Waals surface area contributed by atoms with E-state index in [1.54, 1.807) is 6.20 Å². The van der Waals surface area contributed by atoms with Gasteiger partial charge in [-0.3, -0.25) is 4.79 Å². The number of carbonyl (C=O) groups is 1. The number of nitrogens with one attached hydrogen (secondary N) is 1. The van der Waals surface area contributed by atoms with Crippen molar-refractivity contribution in [2.45, 2.75) is 65.7 Å². The van der Waals surface area contributed by atoms with Gasteiger partial charge in [0.25, 0.3) is 5.91 Å². The highest BCUT2D eigenvalue weighted by Crippen LogP contribution is 2.13. The summed E-state index contributed by atoms with van der Waals surface area (Å²) in [6.07, 6.45) is 9.40. The summed E-state index contributed by atoms with van der Waals surface area (Å²) in [5.41, 5.74) is 2.16. The summed E-state index contributed by atoms with van der Waals surface area (Å²) in [5.74, 6) is -0.341. The fraction of sp³-hybridized carbons (Fsp3) is 0.545. The maximum atomic E-state index is 12.5. The SMILES string of the molecule is CCCCc1ccc(NC(=O)/C(C#N)=C\N(CCCC)CCCC)cc1. The average molecular weight is 356 g/mol. The van der Waals surface area contributed by atoms with Gasteiger partial charge < -0.3 is 10.2 Å². The van der Waals surface area contributed by atoms with Crippen molar-refractivity contribution in [3.05, 3.63) is 41.6 Å². The molecular formula is C22H33N3O. The summed E-state index contributed by atoms with van der Waals surface area (Å²) in [7, 11) is 0.